The largest absolute Gasteiger partial charge is 0.392 e. The molecule has 2 aliphatic rings. The molecule has 128 valence electrons. The Bertz CT molecular complexity index is 732. The lowest BCUT2D eigenvalue weighted by atomic mass is 10.1. The van der Waals surface area contributed by atoms with Gasteiger partial charge in [-0.25, -0.2) is 4.68 Å². The molecular weight excluding hydrogens is 332 g/mol. The number of anilines is 1. The molecule has 0 bridgehead atoms. The van der Waals surface area contributed by atoms with E-state index in [4.69, 9.17) is 0 Å². The molecule has 2 unspecified atom stereocenters. The first kappa shape index (κ1) is 16.8. The van der Waals surface area contributed by atoms with Crippen LogP contribution < -0.4 is 10.6 Å². The average molecular weight is 351 g/mol. The molecule has 2 aromatic rings. The van der Waals surface area contributed by atoms with E-state index in [1.54, 1.807) is 0 Å². The van der Waals surface area contributed by atoms with Crippen LogP contribution in [-0.4, -0.2) is 49.9 Å². The van der Waals surface area contributed by atoms with E-state index in [1.165, 1.54) is 0 Å². The molecule has 0 spiro atoms. The number of halogens is 1. The minimum atomic E-state index is -0.458. The first-order chi connectivity index (χ1) is 11.2. The smallest absolute Gasteiger partial charge is 0.241 e. The van der Waals surface area contributed by atoms with Gasteiger partial charge in [0.2, 0.25) is 5.91 Å². The number of aliphatic hydroxyl groups is 1. The lowest BCUT2D eigenvalue weighted by molar-refractivity contribution is -0.117. The number of β-amino-alcohol motifs (C(OH)–C–C–N with tert-alkyl or cyclic N) is 1. The van der Waals surface area contributed by atoms with E-state index in [0.717, 1.165) is 24.2 Å². The van der Waals surface area contributed by atoms with Gasteiger partial charge in [-0.1, -0.05) is 12.1 Å². The highest BCUT2D eigenvalue weighted by molar-refractivity contribution is 5.95. The highest BCUT2D eigenvalue weighted by Crippen LogP contribution is 2.36. The Morgan fingerprint density at radius 2 is 2.21 bits per heavy atom. The molecule has 1 aliphatic carbocycles. The summed E-state index contributed by atoms with van der Waals surface area (Å²) in [6.45, 7) is 0.453. The number of hydrogen-bond donors (Lipinski definition) is 3. The average Bonchev–Trinajstić information content (AvgIpc) is 3.10. The van der Waals surface area contributed by atoms with Gasteiger partial charge in [0.05, 0.1) is 18.2 Å². The first-order valence-electron chi connectivity index (χ1n) is 7.81. The van der Waals surface area contributed by atoms with Gasteiger partial charge in [-0.3, -0.25) is 4.79 Å². The number of benzene rings is 1. The Balaban J connectivity index is 0.00000169. The molecule has 4 rings (SSSR count). The number of rotatable bonds is 4. The van der Waals surface area contributed by atoms with Crippen molar-refractivity contribution in [1.82, 2.24) is 25.5 Å². The van der Waals surface area contributed by atoms with Crippen molar-refractivity contribution in [3.8, 4) is 11.4 Å². The van der Waals surface area contributed by atoms with Gasteiger partial charge in [0.15, 0.2) is 5.82 Å². The van der Waals surface area contributed by atoms with Crippen molar-refractivity contribution in [1.29, 1.82) is 0 Å². The predicted octanol–water partition coefficient (Wildman–Crippen LogP) is 0.758. The second kappa shape index (κ2) is 6.84. The first-order valence-corrected chi connectivity index (χ1v) is 7.81. The summed E-state index contributed by atoms with van der Waals surface area (Å²) < 4.78 is 1.84. The van der Waals surface area contributed by atoms with E-state index in [2.05, 4.69) is 26.2 Å². The molecule has 1 saturated carbocycles. The highest BCUT2D eigenvalue weighted by Gasteiger charge is 2.29. The Labute approximate surface area is 145 Å². The molecule has 3 N–H and O–H groups in total. The fourth-order valence-corrected chi connectivity index (χ4v) is 2.83. The number of amides is 1. The van der Waals surface area contributed by atoms with Crippen LogP contribution in [0, 0.1) is 0 Å². The molecule has 9 heteroatoms. The van der Waals surface area contributed by atoms with Gasteiger partial charge >= 0.3 is 0 Å². The molecule has 1 aromatic carbocycles. The van der Waals surface area contributed by atoms with Crippen molar-refractivity contribution in [2.75, 3.05) is 11.9 Å². The molecule has 1 saturated heterocycles. The summed E-state index contributed by atoms with van der Waals surface area (Å²) in [7, 11) is 0. The van der Waals surface area contributed by atoms with Gasteiger partial charge in [-0.05, 0) is 41.8 Å². The van der Waals surface area contributed by atoms with E-state index < -0.39 is 6.10 Å². The van der Waals surface area contributed by atoms with E-state index in [0.29, 0.717) is 24.7 Å². The Kier molecular flexibility index (Phi) is 4.79. The van der Waals surface area contributed by atoms with E-state index in [-0.39, 0.29) is 24.4 Å². The number of aliphatic hydroxyl groups excluding tert-OH is 1. The van der Waals surface area contributed by atoms with Crippen molar-refractivity contribution in [3.05, 3.63) is 24.3 Å². The van der Waals surface area contributed by atoms with E-state index in [1.807, 2.05) is 28.9 Å². The molecule has 2 heterocycles. The molecular formula is C15H19ClN6O2. The molecule has 8 nitrogen and oxygen atoms in total. The summed E-state index contributed by atoms with van der Waals surface area (Å²) in [6, 6.07) is 7.53. The van der Waals surface area contributed by atoms with Crippen LogP contribution in [0.1, 0.15) is 25.3 Å². The van der Waals surface area contributed by atoms with Crippen molar-refractivity contribution in [3.63, 3.8) is 0 Å². The zero-order valence-corrected chi connectivity index (χ0v) is 13.7. The SMILES string of the molecule is Cl.O=C(Nc1cccc(-c2nnnn2C2CC2)c1)C1CC(O)CN1. The van der Waals surface area contributed by atoms with Crippen LogP contribution in [0.4, 0.5) is 5.69 Å². The number of tetrazole rings is 1. The summed E-state index contributed by atoms with van der Waals surface area (Å²) in [5, 5.41) is 27.3. The van der Waals surface area contributed by atoms with Crippen LogP contribution in [0.3, 0.4) is 0 Å². The number of hydrogen-bond acceptors (Lipinski definition) is 6. The maximum Gasteiger partial charge on any atom is 0.241 e. The Hall–Kier alpha value is -2.03. The van der Waals surface area contributed by atoms with Gasteiger partial charge in [0, 0.05) is 17.8 Å². The maximum atomic E-state index is 12.2. The fourth-order valence-electron chi connectivity index (χ4n) is 2.83. The van der Waals surface area contributed by atoms with Crippen molar-refractivity contribution in [2.45, 2.75) is 37.5 Å². The van der Waals surface area contributed by atoms with Crippen molar-refractivity contribution >= 4 is 24.0 Å². The van der Waals surface area contributed by atoms with Crippen LogP contribution >= 0.6 is 12.4 Å². The molecule has 2 fully saturated rings. The third-order valence-corrected chi connectivity index (χ3v) is 4.20. The van der Waals surface area contributed by atoms with Gasteiger partial charge in [-0.15, -0.1) is 17.5 Å². The number of aromatic nitrogens is 4. The van der Waals surface area contributed by atoms with Crippen LogP contribution in [0.25, 0.3) is 11.4 Å². The number of carbonyl (C=O) groups is 1. The molecule has 1 aliphatic heterocycles. The zero-order chi connectivity index (χ0) is 15.8. The van der Waals surface area contributed by atoms with Crippen molar-refractivity contribution in [2.24, 2.45) is 0 Å². The van der Waals surface area contributed by atoms with Gasteiger partial charge in [0.1, 0.15) is 0 Å². The molecule has 1 amide bonds. The second-order valence-electron chi connectivity index (χ2n) is 6.10. The lowest BCUT2D eigenvalue weighted by Crippen LogP contribution is -2.35. The minimum Gasteiger partial charge on any atom is -0.392 e. The topological polar surface area (TPSA) is 105 Å². The fraction of sp³-hybridized carbons (Fsp3) is 0.467. The van der Waals surface area contributed by atoms with Crippen LogP contribution in [0.15, 0.2) is 24.3 Å². The molecule has 1 aromatic heterocycles. The molecule has 0 radical (unpaired) electrons. The summed E-state index contributed by atoms with van der Waals surface area (Å²) >= 11 is 0. The number of nitrogens with zero attached hydrogens (tertiary/aromatic N) is 4. The summed E-state index contributed by atoms with van der Waals surface area (Å²) in [6.07, 6.45) is 2.18. The van der Waals surface area contributed by atoms with Gasteiger partial charge in [-0.2, -0.15) is 0 Å². The predicted molar refractivity (Wildman–Crippen MR) is 89.8 cm³/mol. The molecule has 24 heavy (non-hydrogen) atoms. The summed E-state index contributed by atoms with van der Waals surface area (Å²) in [4.78, 5) is 12.2. The number of carbonyl (C=O) groups excluding carboxylic acids is 1. The van der Waals surface area contributed by atoms with E-state index >= 15 is 0 Å². The monoisotopic (exact) mass is 350 g/mol. The van der Waals surface area contributed by atoms with Crippen molar-refractivity contribution < 1.29 is 9.90 Å². The standard InChI is InChI=1S/C15H18N6O2.ClH/c22-12-7-13(16-8-12)15(23)17-10-3-1-2-9(6-10)14-18-19-20-21(14)11-4-5-11;/h1-3,6,11-13,16,22H,4-5,7-8H2,(H,17,23);1H. The third-order valence-electron chi connectivity index (χ3n) is 4.20. The summed E-state index contributed by atoms with van der Waals surface area (Å²) in [5.74, 6) is 0.582. The van der Waals surface area contributed by atoms with Crippen LogP contribution in [-0.2, 0) is 4.79 Å². The normalized spacial score (nSPS) is 22.9. The quantitative estimate of drug-likeness (QED) is 0.752. The van der Waals surface area contributed by atoms with E-state index in [9.17, 15) is 9.90 Å². The van der Waals surface area contributed by atoms with Crippen LogP contribution in [0.2, 0.25) is 0 Å². The highest BCUT2D eigenvalue weighted by atomic mass is 35.5. The molecule has 2 atom stereocenters. The maximum absolute atomic E-state index is 12.2. The number of nitrogens with one attached hydrogen (secondary N) is 2. The Morgan fingerprint density at radius 1 is 1.38 bits per heavy atom. The summed E-state index contributed by atoms with van der Waals surface area (Å²) in [5.41, 5.74) is 1.57. The van der Waals surface area contributed by atoms with Gasteiger partial charge < -0.3 is 15.7 Å². The minimum absolute atomic E-state index is 0. The Morgan fingerprint density at radius 3 is 2.92 bits per heavy atom. The second-order valence-corrected chi connectivity index (χ2v) is 6.10. The zero-order valence-electron chi connectivity index (χ0n) is 12.9. The van der Waals surface area contributed by atoms with Crippen LogP contribution in [0.5, 0.6) is 0 Å². The lowest BCUT2D eigenvalue weighted by Gasteiger charge is -2.12. The van der Waals surface area contributed by atoms with Gasteiger partial charge in [0.25, 0.3) is 0 Å². The third kappa shape index (κ3) is 3.40.